The highest BCUT2D eigenvalue weighted by Gasteiger charge is 1.98. The SMILES string of the molecule is Cc1cn(CC(N)=O)c(=S)[nH]1. The minimum Gasteiger partial charge on any atom is -0.368 e. The lowest BCUT2D eigenvalue weighted by atomic mass is 10.5. The quantitative estimate of drug-likeness (QED) is 0.630. The average Bonchev–Trinajstić information content (AvgIpc) is 2.09. The maximum Gasteiger partial charge on any atom is 0.237 e. The monoisotopic (exact) mass is 171 g/mol. The number of aromatic nitrogens is 2. The number of primary amides is 1. The molecule has 0 bridgehead atoms. The third-order valence-electron chi connectivity index (χ3n) is 1.24. The molecule has 0 unspecified atom stereocenters. The first-order valence-electron chi connectivity index (χ1n) is 3.14. The van der Waals surface area contributed by atoms with E-state index in [0.29, 0.717) is 4.77 Å². The molecule has 1 amide bonds. The molecule has 0 saturated heterocycles. The van der Waals surface area contributed by atoms with Crippen molar-refractivity contribution < 1.29 is 4.79 Å². The van der Waals surface area contributed by atoms with Gasteiger partial charge >= 0.3 is 0 Å². The minimum absolute atomic E-state index is 0.142. The summed E-state index contributed by atoms with van der Waals surface area (Å²) in [6.45, 7) is 2.01. The number of rotatable bonds is 2. The zero-order valence-corrected chi connectivity index (χ0v) is 6.94. The lowest BCUT2D eigenvalue weighted by Gasteiger charge is -1.94. The molecule has 1 rings (SSSR count). The van der Waals surface area contributed by atoms with Gasteiger partial charge in [0.25, 0.3) is 0 Å². The van der Waals surface area contributed by atoms with Crippen LogP contribution >= 0.6 is 12.2 Å². The van der Waals surface area contributed by atoms with E-state index in [-0.39, 0.29) is 12.5 Å². The predicted octanol–water partition coefficient (Wildman–Crippen LogP) is 0.339. The van der Waals surface area contributed by atoms with Crippen molar-refractivity contribution in [2.75, 3.05) is 0 Å². The van der Waals surface area contributed by atoms with Crippen molar-refractivity contribution in [3.8, 4) is 0 Å². The molecule has 4 nitrogen and oxygen atoms in total. The standard InChI is InChI=1S/C6H9N3OS/c1-4-2-9(3-5(7)10)6(11)8-4/h2H,3H2,1H3,(H2,7,10)(H,8,11). The van der Waals surface area contributed by atoms with Gasteiger partial charge in [-0.1, -0.05) is 0 Å². The third kappa shape index (κ3) is 1.91. The summed E-state index contributed by atoms with van der Waals surface area (Å²) in [6.07, 6.45) is 1.76. The van der Waals surface area contributed by atoms with E-state index >= 15 is 0 Å². The molecule has 1 aromatic rings. The van der Waals surface area contributed by atoms with E-state index in [4.69, 9.17) is 18.0 Å². The number of imidazole rings is 1. The zero-order valence-electron chi connectivity index (χ0n) is 6.13. The minimum atomic E-state index is -0.389. The predicted molar refractivity (Wildman–Crippen MR) is 43.5 cm³/mol. The lowest BCUT2D eigenvalue weighted by molar-refractivity contribution is -0.118. The molecule has 0 atom stereocenters. The van der Waals surface area contributed by atoms with Crippen molar-refractivity contribution in [2.24, 2.45) is 5.73 Å². The number of nitrogens with one attached hydrogen (secondary N) is 1. The second-order valence-electron chi connectivity index (χ2n) is 2.34. The Bertz CT molecular complexity index is 325. The molecule has 3 N–H and O–H groups in total. The van der Waals surface area contributed by atoms with Gasteiger partial charge in [0.15, 0.2) is 4.77 Å². The molecule has 11 heavy (non-hydrogen) atoms. The Hall–Kier alpha value is -1.10. The summed E-state index contributed by atoms with van der Waals surface area (Å²) in [5, 5.41) is 0. The maximum absolute atomic E-state index is 10.5. The molecule has 0 aliphatic heterocycles. The van der Waals surface area contributed by atoms with Gasteiger partial charge in [-0.3, -0.25) is 4.79 Å². The van der Waals surface area contributed by atoms with Gasteiger partial charge in [0.1, 0.15) is 6.54 Å². The van der Waals surface area contributed by atoms with Crippen molar-refractivity contribution in [3.63, 3.8) is 0 Å². The van der Waals surface area contributed by atoms with Gasteiger partial charge in [0.05, 0.1) is 0 Å². The number of aryl methyl sites for hydroxylation is 1. The molecule has 0 radical (unpaired) electrons. The molecule has 0 aliphatic carbocycles. The Balaban J connectivity index is 2.95. The van der Waals surface area contributed by atoms with E-state index in [1.54, 1.807) is 10.8 Å². The van der Waals surface area contributed by atoms with Gasteiger partial charge in [-0.25, -0.2) is 0 Å². The van der Waals surface area contributed by atoms with Crippen molar-refractivity contribution >= 4 is 18.1 Å². The Labute approximate surface area is 69.0 Å². The van der Waals surface area contributed by atoms with Crippen molar-refractivity contribution in [3.05, 3.63) is 16.7 Å². The van der Waals surface area contributed by atoms with Crippen molar-refractivity contribution in [1.29, 1.82) is 0 Å². The molecule has 60 valence electrons. The first-order valence-corrected chi connectivity index (χ1v) is 3.55. The molecular weight excluding hydrogens is 162 g/mol. The van der Waals surface area contributed by atoms with Gasteiger partial charge in [-0.2, -0.15) is 0 Å². The number of hydrogen-bond donors (Lipinski definition) is 2. The molecule has 0 spiro atoms. The fourth-order valence-corrected chi connectivity index (χ4v) is 1.13. The molecule has 1 heterocycles. The maximum atomic E-state index is 10.5. The van der Waals surface area contributed by atoms with Crippen LogP contribution in [0.5, 0.6) is 0 Å². The summed E-state index contributed by atoms with van der Waals surface area (Å²) in [5.41, 5.74) is 5.91. The van der Waals surface area contributed by atoms with Crippen LogP contribution in [-0.4, -0.2) is 15.5 Å². The number of carbonyl (C=O) groups excluding carboxylic acids is 1. The van der Waals surface area contributed by atoms with E-state index in [9.17, 15) is 4.79 Å². The third-order valence-corrected chi connectivity index (χ3v) is 1.58. The van der Waals surface area contributed by atoms with Gasteiger partial charge < -0.3 is 15.3 Å². The van der Waals surface area contributed by atoms with Crippen molar-refractivity contribution in [1.82, 2.24) is 9.55 Å². The van der Waals surface area contributed by atoms with E-state index < -0.39 is 0 Å². The normalized spacial score (nSPS) is 9.91. The largest absolute Gasteiger partial charge is 0.368 e. The lowest BCUT2D eigenvalue weighted by Crippen LogP contribution is -2.18. The number of hydrogen-bond acceptors (Lipinski definition) is 2. The Morgan fingerprint density at radius 3 is 2.91 bits per heavy atom. The van der Waals surface area contributed by atoms with Gasteiger partial charge in [-0.05, 0) is 19.1 Å². The van der Waals surface area contributed by atoms with Crippen LogP contribution in [0.2, 0.25) is 0 Å². The smallest absolute Gasteiger partial charge is 0.237 e. The fraction of sp³-hybridized carbons (Fsp3) is 0.333. The first kappa shape index (κ1) is 8.00. The average molecular weight is 171 g/mol. The second-order valence-corrected chi connectivity index (χ2v) is 2.72. The number of nitrogens with two attached hydrogens (primary N) is 1. The summed E-state index contributed by atoms with van der Waals surface area (Å²) in [6, 6.07) is 0. The molecule has 5 heteroatoms. The molecule has 1 aromatic heterocycles. The van der Waals surface area contributed by atoms with Crippen LogP contribution in [-0.2, 0) is 11.3 Å². The van der Waals surface area contributed by atoms with Crippen LogP contribution in [0.1, 0.15) is 5.69 Å². The summed E-state index contributed by atoms with van der Waals surface area (Å²) in [5.74, 6) is -0.389. The Morgan fingerprint density at radius 1 is 1.91 bits per heavy atom. The van der Waals surface area contributed by atoms with Crippen LogP contribution in [0.4, 0.5) is 0 Å². The Kier molecular flexibility index (Phi) is 2.09. The number of aromatic amines is 1. The molecule has 0 fully saturated rings. The first-order chi connectivity index (χ1) is 5.09. The zero-order chi connectivity index (χ0) is 8.43. The van der Waals surface area contributed by atoms with Crippen molar-refractivity contribution in [2.45, 2.75) is 13.5 Å². The van der Waals surface area contributed by atoms with E-state index in [1.165, 1.54) is 0 Å². The van der Waals surface area contributed by atoms with E-state index in [0.717, 1.165) is 5.69 Å². The topological polar surface area (TPSA) is 63.8 Å². The van der Waals surface area contributed by atoms with Crippen LogP contribution in [0.15, 0.2) is 6.20 Å². The van der Waals surface area contributed by atoms with Gasteiger partial charge in [-0.15, -0.1) is 0 Å². The summed E-state index contributed by atoms with van der Waals surface area (Å²) < 4.78 is 2.13. The van der Waals surface area contributed by atoms with Gasteiger partial charge in [0, 0.05) is 11.9 Å². The highest BCUT2D eigenvalue weighted by Crippen LogP contribution is 1.95. The highest BCUT2D eigenvalue weighted by molar-refractivity contribution is 7.71. The molecule has 0 aliphatic rings. The molecule has 0 aromatic carbocycles. The van der Waals surface area contributed by atoms with Gasteiger partial charge in [0.2, 0.25) is 5.91 Å². The van der Waals surface area contributed by atoms with Crippen LogP contribution in [0, 0.1) is 11.7 Å². The summed E-state index contributed by atoms with van der Waals surface area (Å²) in [7, 11) is 0. The van der Waals surface area contributed by atoms with Crippen LogP contribution < -0.4 is 5.73 Å². The second kappa shape index (κ2) is 2.87. The number of carbonyl (C=O) groups is 1. The summed E-state index contributed by atoms with van der Waals surface area (Å²) >= 11 is 4.89. The molecule has 0 saturated carbocycles. The summed E-state index contributed by atoms with van der Waals surface area (Å²) in [4.78, 5) is 13.4. The van der Waals surface area contributed by atoms with E-state index in [2.05, 4.69) is 4.98 Å². The van der Waals surface area contributed by atoms with E-state index in [1.807, 2.05) is 6.92 Å². The number of H-pyrrole nitrogens is 1. The molecular formula is C6H9N3OS. The number of nitrogens with zero attached hydrogens (tertiary/aromatic N) is 1. The van der Waals surface area contributed by atoms with Crippen LogP contribution in [0.3, 0.4) is 0 Å². The Morgan fingerprint density at radius 2 is 2.55 bits per heavy atom. The number of amides is 1. The highest BCUT2D eigenvalue weighted by atomic mass is 32.1. The van der Waals surface area contributed by atoms with Crippen LogP contribution in [0.25, 0.3) is 0 Å². The fourth-order valence-electron chi connectivity index (χ4n) is 0.850.